The minimum Gasteiger partial charge on any atom is -0.336 e. The monoisotopic (exact) mass is 274 g/mol. The van der Waals surface area contributed by atoms with E-state index in [4.69, 9.17) is 0 Å². The van der Waals surface area contributed by atoms with Gasteiger partial charge in [-0.25, -0.2) is 9.37 Å². The largest absolute Gasteiger partial charge is 0.336 e. The van der Waals surface area contributed by atoms with Gasteiger partial charge >= 0.3 is 0 Å². The summed E-state index contributed by atoms with van der Waals surface area (Å²) in [7, 11) is 2.00. The molecule has 0 radical (unpaired) electrons. The molecule has 0 saturated carbocycles. The summed E-state index contributed by atoms with van der Waals surface area (Å²) < 4.78 is 15.2. The Balaban J connectivity index is 1.98. The molecular formula is C15H19FN4. The van der Waals surface area contributed by atoms with Crippen LogP contribution in [-0.2, 0) is 7.05 Å². The van der Waals surface area contributed by atoms with Crippen molar-refractivity contribution in [2.75, 3.05) is 26.2 Å². The van der Waals surface area contributed by atoms with Gasteiger partial charge in [-0.3, -0.25) is 4.90 Å². The Morgan fingerprint density at radius 3 is 2.50 bits per heavy atom. The third-order valence-corrected chi connectivity index (χ3v) is 3.81. The van der Waals surface area contributed by atoms with Crippen LogP contribution in [0.3, 0.4) is 0 Å². The topological polar surface area (TPSA) is 33.1 Å². The van der Waals surface area contributed by atoms with E-state index in [0.29, 0.717) is 0 Å². The quantitative estimate of drug-likeness (QED) is 0.922. The van der Waals surface area contributed by atoms with Crippen molar-refractivity contribution in [1.82, 2.24) is 19.8 Å². The molecule has 1 N–H and O–H groups in total. The van der Waals surface area contributed by atoms with Crippen LogP contribution in [0, 0.1) is 5.82 Å². The van der Waals surface area contributed by atoms with E-state index in [9.17, 15) is 4.39 Å². The molecule has 1 aromatic carbocycles. The lowest BCUT2D eigenvalue weighted by Gasteiger charge is -2.34. The highest BCUT2D eigenvalue weighted by Gasteiger charge is 2.26. The Morgan fingerprint density at radius 2 is 1.90 bits per heavy atom. The van der Waals surface area contributed by atoms with Crippen molar-refractivity contribution in [2.45, 2.75) is 6.04 Å². The maximum atomic E-state index is 13.2. The molecule has 1 aromatic heterocycles. The van der Waals surface area contributed by atoms with Crippen LogP contribution < -0.4 is 5.32 Å². The van der Waals surface area contributed by atoms with Crippen LogP contribution in [0.2, 0.25) is 0 Å². The Hall–Kier alpha value is -1.72. The number of hydrogen-bond donors (Lipinski definition) is 1. The summed E-state index contributed by atoms with van der Waals surface area (Å²) in [5.74, 6) is 0.797. The second-order valence-electron chi connectivity index (χ2n) is 5.14. The van der Waals surface area contributed by atoms with Crippen molar-refractivity contribution in [3.05, 3.63) is 53.9 Å². The standard InChI is InChI=1S/C15H19FN4/c1-19-9-8-18-15(19)14(20-10-6-17-7-11-20)12-2-4-13(16)5-3-12/h2-5,8-9,14,17H,6-7,10-11H2,1H3. The summed E-state index contributed by atoms with van der Waals surface area (Å²) in [6, 6.07) is 6.84. The molecule has 2 heterocycles. The molecule has 1 aliphatic rings. The zero-order valence-corrected chi connectivity index (χ0v) is 11.6. The van der Waals surface area contributed by atoms with Gasteiger partial charge in [0, 0.05) is 45.6 Å². The number of halogens is 1. The van der Waals surface area contributed by atoms with E-state index in [2.05, 4.69) is 15.2 Å². The van der Waals surface area contributed by atoms with Crippen LogP contribution in [0.4, 0.5) is 4.39 Å². The van der Waals surface area contributed by atoms with Crippen molar-refractivity contribution >= 4 is 0 Å². The van der Waals surface area contributed by atoms with Crippen molar-refractivity contribution in [3.63, 3.8) is 0 Å². The van der Waals surface area contributed by atoms with Crippen LogP contribution in [0.25, 0.3) is 0 Å². The van der Waals surface area contributed by atoms with Gasteiger partial charge < -0.3 is 9.88 Å². The van der Waals surface area contributed by atoms with Crippen LogP contribution in [0.5, 0.6) is 0 Å². The Bertz CT molecular complexity index is 558. The lowest BCUT2D eigenvalue weighted by atomic mass is 10.0. The fraction of sp³-hybridized carbons (Fsp3) is 0.400. The second-order valence-corrected chi connectivity index (χ2v) is 5.14. The van der Waals surface area contributed by atoms with E-state index < -0.39 is 0 Å². The number of rotatable bonds is 3. The van der Waals surface area contributed by atoms with E-state index in [1.54, 1.807) is 0 Å². The van der Waals surface area contributed by atoms with Gasteiger partial charge in [0.2, 0.25) is 0 Å². The Labute approximate surface area is 118 Å². The third-order valence-electron chi connectivity index (χ3n) is 3.81. The number of hydrogen-bond acceptors (Lipinski definition) is 3. The van der Waals surface area contributed by atoms with Gasteiger partial charge in [-0.15, -0.1) is 0 Å². The highest BCUT2D eigenvalue weighted by Crippen LogP contribution is 2.27. The summed E-state index contributed by atoms with van der Waals surface area (Å²) >= 11 is 0. The molecule has 1 fully saturated rings. The van der Waals surface area contributed by atoms with Gasteiger partial charge in [-0.2, -0.15) is 0 Å². The van der Waals surface area contributed by atoms with Crippen molar-refractivity contribution in [2.24, 2.45) is 7.05 Å². The van der Waals surface area contributed by atoms with E-state index in [-0.39, 0.29) is 11.9 Å². The van der Waals surface area contributed by atoms with E-state index in [0.717, 1.165) is 37.6 Å². The van der Waals surface area contributed by atoms with Crippen LogP contribution >= 0.6 is 0 Å². The van der Waals surface area contributed by atoms with Crippen LogP contribution in [0.15, 0.2) is 36.7 Å². The lowest BCUT2D eigenvalue weighted by Crippen LogP contribution is -2.46. The first kappa shape index (κ1) is 13.3. The zero-order chi connectivity index (χ0) is 13.9. The molecule has 5 heteroatoms. The zero-order valence-electron chi connectivity index (χ0n) is 11.6. The van der Waals surface area contributed by atoms with E-state index in [1.807, 2.05) is 36.1 Å². The highest BCUT2D eigenvalue weighted by molar-refractivity contribution is 5.26. The molecule has 20 heavy (non-hydrogen) atoms. The summed E-state index contributed by atoms with van der Waals surface area (Å²) in [5, 5.41) is 3.36. The third kappa shape index (κ3) is 2.59. The molecule has 1 saturated heterocycles. The summed E-state index contributed by atoms with van der Waals surface area (Å²) in [4.78, 5) is 6.89. The summed E-state index contributed by atoms with van der Waals surface area (Å²) in [6.07, 6.45) is 3.77. The maximum Gasteiger partial charge on any atom is 0.130 e. The summed E-state index contributed by atoms with van der Waals surface area (Å²) in [5.41, 5.74) is 1.09. The average Bonchev–Trinajstić information content (AvgIpc) is 2.89. The smallest absolute Gasteiger partial charge is 0.130 e. The second kappa shape index (κ2) is 5.73. The summed E-state index contributed by atoms with van der Waals surface area (Å²) in [6.45, 7) is 3.88. The predicted molar refractivity (Wildman–Crippen MR) is 75.9 cm³/mol. The Kier molecular flexibility index (Phi) is 3.80. The van der Waals surface area contributed by atoms with Gasteiger partial charge in [0.05, 0.1) is 6.04 Å². The number of imidazole rings is 1. The first-order chi connectivity index (χ1) is 9.75. The molecule has 0 bridgehead atoms. The van der Waals surface area contributed by atoms with Crippen molar-refractivity contribution in [3.8, 4) is 0 Å². The van der Waals surface area contributed by atoms with Gasteiger partial charge in [-0.05, 0) is 17.7 Å². The minimum atomic E-state index is -0.201. The fourth-order valence-electron chi connectivity index (χ4n) is 2.75. The molecule has 106 valence electrons. The molecular weight excluding hydrogens is 255 g/mol. The molecule has 0 aliphatic carbocycles. The maximum absolute atomic E-state index is 13.2. The number of piperazine rings is 1. The number of aryl methyl sites for hydroxylation is 1. The van der Waals surface area contributed by atoms with Crippen LogP contribution in [-0.4, -0.2) is 40.6 Å². The van der Waals surface area contributed by atoms with E-state index >= 15 is 0 Å². The molecule has 1 unspecified atom stereocenters. The molecule has 1 atom stereocenters. The fourth-order valence-corrected chi connectivity index (χ4v) is 2.75. The molecule has 4 nitrogen and oxygen atoms in total. The first-order valence-electron chi connectivity index (χ1n) is 6.93. The van der Waals surface area contributed by atoms with Crippen molar-refractivity contribution in [1.29, 1.82) is 0 Å². The van der Waals surface area contributed by atoms with Gasteiger partial charge in [-0.1, -0.05) is 12.1 Å². The highest BCUT2D eigenvalue weighted by atomic mass is 19.1. The number of aromatic nitrogens is 2. The normalized spacial score (nSPS) is 18.1. The first-order valence-corrected chi connectivity index (χ1v) is 6.93. The average molecular weight is 274 g/mol. The molecule has 1 aliphatic heterocycles. The van der Waals surface area contributed by atoms with Crippen molar-refractivity contribution < 1.29 is 4.39 Å². The lowest BCUT2D eigenvalue weighted by molar-refractivity contribution is 0.190. The Morgan fingerprint density at radius 1 is 1.20 bits per heavy atom. The molecule has 0 spiro atoms. The number of nitrogens with zero attached hydrogens (tertiary/aromatic N) is 3. The predicted octanol–water partition coefficient (Wildman–Crippen LogP) is 1.55. The van der Waals surface area contributed by atoms with Gasteiger partial charge in [0.25, 0.3) is 0 Å². The SMILES string of the molecule is Cn1ccnc1C(c1ccc(F)cc1)N1CCNCC1. The van der Waals surface area contributed by atoms with Crippen LogP contribution in [0.1, 0.15) is 17.4 Å². The molecule has 2 aromatic rings. The van der Waals surface area contributed by atoms with E-state index in [1.165, 1.54) is 12.1 Å². The minimum absolute atomic E-state index is 0.0812. The molecule has 3 rings (SSSR count). The number of benzene rings is 1. The van der Waals surface area contributed by atoms with Gasteiger partial charge in [0.1, 0.15) is 11.6 Å². The number of nitrogens with one attached hydrogen (secondary N) is 1. The molecule has 0 amide bonds. The van der Waals surface area contributed by atoms with Gasteiger partial charge in [0.15, 0.2) is 0 Å².